The lowest BCUT2D eigenvalue weighted by molar-refractivity contribution is 0.0941. The van der Waals surface area contributed by atoms with Crippen LogP contribution in [-0.4, -0.2) is 76.8 Å². The number of carbonyl (C=O) groups excluding carboxylic acids is 1. The number of pyridine rings is 1. The second kappa shape index (κ2) is 10.0. The second-order valence-electron chi connectivity index (χ2n) is 8.62. The molecule has 1 aliphatic rings. The van der Waals surface area contributed by atoms with Gasteiger partial charge in [0.2, 0.25) is 0 Å². The van der Waals surface area contributed by atoms with E-state index < -0.39 is 0 Å². The average Bonchev–Trinajstić information content (AvgIpc) is 3.29. The van der Waals surface area contributed by atoms with Crippen molar-refractivity contribution in [2.75, 3.05) is 51.6 Å². The van der Waals surface area contributed by atoms with Crippen LogP contribution in [0, 0.1) is 0 Å². The summed E-state index contributed by atoms with van der Waals surface area (Å²) in [7, 11) is 2.14. The lowest BCUT2D eigenvalue weighted by Crippen LogP contribution is -2.46. The number of para-hydroxylation sites is 1. The fourth-order valence-electron chi connectivity index (χ4n) is 4.16. The van der Waals surface area contributed by atoms with Crippen LogP contribution in [0.3, 0.4) is 0 Å². The van der Waals surface area contributed by atoms with Gasteiger partial charge in [0.05, 0.1) is 11.7 Å². The second-order valence-corrected chi connectivity index (χ2v) is 8.62. The molecule has 34 heavy (non-hydrogen) atoms. The van der Waals surface area contributed by atoms with Gasteiger partial charge in [-0.3, -0.25) is 9.69 Å². The van der Waals surface area contributed by atoms with E-state index in [0.29, 0.717) is 17.9 Å². The number of carbonyl (C=O) groups is 1. The molecule has 1 aliphatic heterocycles. The number of hydrogen-bond donors (Lipinski definition) is 2. The number of nitrogens with zero attached hydrogens (tertiary/aromatic N) is 5. The zero-order chi connectivity index (χ0) is 23.3. The van der Waals surface area contributed by atoms with E-state index in [4.69, 9.17) is 0 Å². The molecule has 1 fully saturated rings. The number of hydrogen-bond acceptors (Lipinski definition) is 6. The van der Waals surface area contributed by atoms with Gasteiger partial charge >= 0.3 is 0 Å². The van der Waals surface area contributed by atoms with Gasteiger partial charge < -0.3 is 15.5 Å². The summed E-state index contributed by atoms with van der Waals surface area (Å²) in [5, 5.41) is 12.0. The summed E-state index contributed by atoms with van der Waals surface area (Å²) in [5.41, 5.74) is 3.52. The molecule has 4 aromatic rings. The fraction of sp³-hybridized carbons (Fsp3) is 0.269. The Morgan fingerprint density at radius 1 is 0.971 bits per heavy atom. The SMILES string of the molecule is CN1CCN(CCNC(=O)c2ccnc(-n3ncc4cc(Nc5ccccc5)ccc43)c2)CC1. The van der Waals surface area contributed by atoms with E-state index in [1.807, 2.05) is 48.7 Å². The molecular formula is C26H29N7O. The molecule has 1 saturated heterocycles. The summed E-state index contributed by atoms with van der Waals surface area (Å²) in [5.74, 6) is 0.522. The van der Waals surface area contributed by atoms with Crippen LogP contribution in [0.1, 0.15) is 10.4 Å². The minimum atomic E-state index is -0.0939. The van der Waals surface area contributed by atoms with Crippen LogP contribution in [-0.2, 0) is 0 Å². The number of nitrogens with one attached hydrogen (secondary N) is 2. The van der Waals surface area contributed by atoms with Crippen molar-refractivity contribution < 1.29 is 4.79 Å². The minimum absolute atomic E-state index is 0.0939. The van der Waals surface area contributed by atoms with Crippen LogP contribution in [0.15, 0.2) is 73.1 Å². The van der Waals surface area contributed by atoms with Gasteiger partial charge in [0.25, 0.3) is 5.91 Å². The first-order chi connectivity index (χ1) is 16.7. The van der Waals surface area contributed by atoms with E-state index in [9.17, 15) is 4.79 Å². The summed E-state index contributed by atoms with van der Waals surface area (Å²) >= 11 is 0. The normalized spacial score (nSPS) is 14.9. The van der Waals surface area contributed by atoms with Crippen LogP contribution in [0.5, 0.6) is 0 Å². The number of likely N-dealkylation sites (N-methyl/N-ethyl adjacent to an activating group) is 1. The Kier molecular flexibility index (Phi) is 6.51. The largest absolute Gasteiger partial charge is 0.356 e. The van der Waals surface area contributed by atoms with Gasteiger partial charge in [-0.15, -0.1) is 0 Å². The number of anilines is 2. The highest BCUT2D eigenvalue weighted by Gasteiger charge is 2.14. The lowest BCUT2D eigenvalue weighted by Gasteiger charge is -2.32. The summed E-state index contributed by atoms with van der Waals surface area (Å²) in [6.45, 7) is 5.72. The van der Waals surface area contributed by atoms with Gasteiger partial charge in [0.15, 0.2) is 5.82 Å². The highest BCUT2D eigenvalue weighted by Crippen LogP contribution is 2.24. The zero-order valence-electron chi connectivity index (χ0n) is 19.3. The molecule has 0 aliphatic carbocycles. The molecule has 8 heteroatoms. The predicted molar refractivity (Wildman–Crippen MR) is 135 cm³/mol. The topological polar surface area (TPSA) is 78.3 Å². The molecule has 8 nitrogen and oxygen atoms in total. The Balaban J connectivity index is 1.26. The van der Waals surface area contributed by atoms with Crippen LogP contribution >= 0.6 is 0 Å². The molecule has 0 atom stereocenters. The van der Waals surface area contributed by atoms with Gasteiger partial charge in [-0.2, -0.15) is 5.10 Å². The minimum Gasteiger partial charge on any atom is -0.356 e. The van der Waals surface area contributed by atoms with Crippen molar-refractivity contribution in [1.82, 2.24) is 29.9 Å². The van der Waals surface area contributed by atoms with Crippen molar-refractivity contribution in [2.24, 2.45) is 0 Å². The highest BCUT2D eigenvalue weighted by atomic mass is 16.1. The van der Waals surface area contributed by atoms with Crippen molar-refractivity contribution in [3.63, 3.8) is 0 Å². The predicted octanol–water partition coefficient (Wildman–Crippen LogP) is 3.14. The number of amides is 1. The highest BCUT2D eigenvalue weighted by molar-refractivity contribution is 5.94. The van der Waals surface area contributed by atoms with Crippen molar-refractivity contribution >= 4 is 28.2 Å². The number of aromatic nitrogens is 3. The molecule has 0 bridgehead atoms. The maximum Gasteiger partial charge on any atom is 0.251 e. The average molecular weight is 456 g/mol. The van der Waals surface area contributed by atoms with Crippen molar-refractivity contribution in [2.45, 2.75) is 0 Å². The van der Waals surface area contributed by atoms with Crippen LogP contribution < -0.4 is 10.6 Å². The van der Waals surface area contributed by atoms with E-state index in [1.165, 1.54) is 0 Å². The van der Waals surface area contributed by atoms with E-state index in [-0.39, 0.29) is 5.91 Å². The first-order valence-corrected chi connectivity index (χ1v) is 11.6. The maximum absolute atomic E-state index is 12.7. The Labute approximate surface area is 199 Å². The third-order valence-electron chi connectivity index (χ3n) is 6.16. The monoisotopic (exact) mass is 455 g/mol. The van der Waals surface area contributed by atoms with Crippen LogP contribution in [0.4, 0.5) is 11.4 Å². The van der Waals surface area contributed by atoms with Gasteiger partial charge in [0, 0.05) is 67.8 Å². The molecule has 1 amide bonds. The number of fused-ring (bicyclic) bond motifs is 1. The van der Waals surface area contributed by atoms with Crippen molar-refractivity contribution in [1.29, 1.82) is 0 Å². The molecule has 3 heterocycles. The van der Waals surface area contributed by atoms with Crippen LogP contribution in [0.2, 0.25) is 0 Å². The third-order valence-corrected chi connectivity index (χ3v) is 6.16. The molecule has 0 spiro atoms. The molecule has 2 N–H and O–H groups in total. The molecule has 2 aromatic heterocycles. The van der Waals surface area contributed by atoms with E-state index >= 15 is 0 Å². The van der Waals surface area contributed by atoms with Crippen molar-refractivity contribution in [3.05, 3.63) is 78.6 Å². The lowest BCUT2D eigenvalue weighted by atomic mass is 10.2. The Bertz CT molecular complexity index is 1260. The fourth-order valence-corrected chi connectivity index (χ4v) is 4.16. The summed E-state index contributed by atoms with van der Waals surface area (Å²) in [6, 6.07) is 19.7. The summed E-state index contributed by atoms with van der Waals surface area (Å²) in [6.07, 6.45) is 3.47. The van der Waals surface area contributed by atoms with Gasteiger partial charge in [-0.1, -0.05) is 18.2 Å². The molecular weight excluding hydrogens is 426 g/mol. The summed E-state index contributed by atoms with van der Waals surface area (Å²) < 4.78 is 1.77. The van der Waals surface area contributed by atoms with Gasteiger partial charge in [-0.05, 0) is 49.5 Å². The van der Waals surface area contributed by atoms with E-state index in [0.717, 1.165) is 55.0 Å². The first-order valence-electron chi connectivity index (χ1n) is 11.6. The zero-order valence-corrected chi connectivity index (χ0v) is 19.3. The number of rotatable bonds is 7. The molecule has 5 rings (SSSR count). The standard InChI is InChI=1S/C26H29N7O/c1-31-13-15-32(16-14-31)12-11-28-26(34)20-9-10-27-25(18-20)33-24-8-7-23(17-21(24)19-29-33)30-22-5-3-2-4-6-22/h2-10,17-19,30H,11-16H2,1H3,(H,28,34). The molecule has 0 radical (unpaired) electrons. The quantitative estimate of drug-likeness (QED) is 0.446. The maximum atomic E-state index is 12.7. The van der Waals surface area contributed by atoms with Gasteiger partial charge in [-0.25, -0.2) is 9.67 Å². The molecule has 2 aromatic carbocycles. The Hall–Kier alpha value is -3.75. The molecule has 0 saturated carbocycles. The number of benzene rings is 2. The number of piperazine rings is 1. The third kappa shape index (κ3) is 5.08. The van der Waals surface area contributed by atoms with Gasteiger partial charge in [0.1, 0.15) is 0 Å². The summed E-state index contributed by atoms with van der Waals surface area (Å²) in [4.78, 5) is 21.9. The van der Waals surface area contributed by atoms with Crippen molar-refractivity contribution in [3.8, 4) is 5.82 Å². The van der Waals surface area contributed by atoms with E-state index in [2.05, 4.69) is 43.6 Å². The first kappa shape index (κ1) is 22.1. The Morgan fingerprint density at radius 2 is 1.79 bits per heavy atom. The smallest absolute Gasteiger partial charge is 0.251 e. The molecule has 174 valence electrons. The molecule has 0 unspecified atom stereocenters. The van der Waals surface area contributed by atoms with Crippen LogP contribution in [0.25, 0.3) is 16.7 Å². The Morgan fingerprint density at radius 3 is 2.62 bits per heavy atom. The van der Waals surface area contributed by atoms with E-state index in [1.54, 1.807) is 23.0 Å².